The number of hydrogen-bond acceptors (Lipinski definition) is 5. The smallest absolute Gasteiger partial charge is 0.326 e. The molecule has 0 bridgehead atoms. The minimum Gasteiger partial charge on any atom is -0.497 e. The number of carbonyl (C=O) groups is 1. The summed E-state index contributed by atoms with van der Waals surface area (Å²) in [6, 6.07) is 11.2. The van der Waals surface area contributed by atoms with E-state index in [9.17, 15) is 14.7 Å². The van der Waals surface area contributed by atoms with Crippen molar-refractivity contribution >= 4 is 16.9 Å². The summed E-state index contributed by atoms with van der Waals surface area (Å²) in [6.07, 6.45) is 0.275. The van der Waals surface area contributed by atoms with E-state index in [0.29, 0.717) is 28.3 Å². The van der Waals surface area contributed by atoms with Crippen LogP contribution in [0.25, 0.3) is 22.0 Å². The summed E-state index contributed by atoms with van der Waals surface area (Å²) in [5, 5.41) is 10.4. The van der Waals surface area contributed by atoms with Crippen LogP contribution in [0.1, 0.15) is 19.4 Å². The molecule has 1 unspecified atom stereocenters. The maximum Gasteiger partial charge on any atom is 0.326 e. The standard InChI is InChI=1S/C22H23NO6/c1-5-17(22(25)26)23-18-11-14(27-2)7-8-15(18)16(12-21(23)24)13-6-9-19(28-3)20(10-13)29-4/h6-12,17H,5H2,1-4H3,(H,25,26). The molecule has 3 aromatic rings. The number of aliphatic carboxylic acids is 1. The molecule has 0 saturated carbocycles. The molecule has 0 aliphatic rings. The molecule has 7 nitrogen and oxygen atoms in total. The minimum atomic E-state index is -1.06. The topological polar surface area (TPSA) is 87.0 Å². The van der Waals surface area contributed by atoms with E-state index in [1.807, 2.05) is 12.1 Å². The lowest BCUT2D eigenvalue weighted by Gasteiger charge is -2.19. The third-order valence-corrected chi connectivity index (χ3v) is 4.94. The van der Waals surface area contributed by atoms with Gasteiger partial charge < -0.3 is 19.3 Å². The number of aromatic nitrogens is 1. The lowest BCUT2D eigenvalue weighted by Crippen LogP contribution is -2.29. The van der Waals surface area contributed by atoms with Crippen LogP contribution in [0.2, 0.25) is 0 Å². The highest BCUT2D eigenvalue weighted by Crippen LogP contribution is 2.36. The van der Waals surface area contributed by atoms with E-state index >= 15 is 0 Å². The molecule has 0 aliphatic carbocycles. The molecular weight excluding hydrogens is 374 g/mol. The third kappa shape index (κ3) is 3.63. The van der Waals surface area contributed by atoms with Crippen molar-refractivity contribution in [2.24, 2.45) is 0 Å². The fourth-order valence-electron chi connectivity index (χ4n) is 3.49. The number of carboxylic acid groups (broad SMARTS) is 1. The van der Waals surface area contributed by atoms with E-state index in [-0.39, 0.29) is 6.42 Å². The highest BCUT2D eigenvalue weighted by atomic mass is 16.5. The van der Waals surface area contributed by atoms with E-state index in [1.165, 1.54) is 17.7 Å². The number of fused-ring (bicyclic) bond motifs is 1. The number of pyridine rings is 1. The summed E-state index contributed by atoms with van der Waals surface area (Å²) in [4.78, 5) is 24.8. The molecule has 1 heterocycles. The van der Waals surface area contributed by atoms with Gasteiger partial charge in [0.15, 0.2) is 11.5 Å². The highest BCUT2D eigenvalue weighted by Gasteiger charge is 2.23. The second-order valence-corrected chi connectivity index (χ2v) is 6.48. The van der Waals surface area contributed by atoms with Crippen molar-refractivity contribution < 1.29 is 24.1 Å². The lowest BCUT2D eigenvalue weighted by atomic mass is 9.99. The Kier molecular flexibility index (Phi) is 5.77. The van der Waals surface area contributed by atoms with E-state index in [1.54, 1.807) is 45.4 Å². The van der Waals surface area contributed by atoms with Gasteiger partial charge in [0.1, 0.15) is 11.8 Å². The molecule has 0 aliphatic heterocycles. The Morgan fingerprint density at radius 3 is 2.31 bits per heavy atom. The molecule has 7 heteroatoms. The molecule has 0 spiro atoms. The van der Waals surface area contributed by atoms with Crippen molar-refractivity contribution in [3.05, 3.63) is 52.8 Å². The quantitative estimate of drug-likeness (QED) is 0.654. The van der Waals surface area contributed by atoms with Crippen molar-refractivity contribution in [3.63, 3.8) is 0 Å². The van der Waals surface area contributed by atoms with Crippen molar-refractivity contribution in [2.45, 2.75) is 19.4 Å². The maximum atomic E-state index is 13.0. The fraction of sp³-hybridized carbons (Fsp3) is 0.273. The van der Waals surface area contributed by atoms with Crippen LogP contribution >= 0.6 is 0 Å². The number of rotatable bonds is 7. The molecule has 0 saturated heterocycles. The molecule has 2 aromatic carbocycles. The van der Waals surface area contributed by atoms with Crippen LogP contribution in [0.4, 0.5) is 0 Å². The first-order chi connectivity index (χ1) is 13.9. The summed E-state index contributed by atoms with van der Waals surface area (Å²) < 4.78 is 17.3. The molecule has 29 heavy (non-hydrogen) atoms. The molecule has 1 atom stereocenters. The number of carboxylic acids is 1. The number of hydrogen-bond donors (Lipinski definition) is 1. The van der Waals surface area contributed by atoms with Crippen LogP contribution in [0.3, 0.4) is 0 Å². The lowest BCUT2D eigenvalue weighted by molar-refractivity contribution is -0.140. The third-order valence-electron chi connectivity index (χ3n) is 4.94. The number of methoxy groups -OCH3 is 3. The molecule has 0 fully saturated rings. The van der Waals surface area contributed by atoms with Crippen LogP contribution < -0.4 is 19.8 Å². The number of nitrogens with zero attached hydrogens (tertiary/aromatic N) is 1. The zero-order valence-corrected chi connectivity index (χ0v) is 16.8. The van der Waals surface area contributed by atoms with Gasteiger partial charge in [0.25, 0.3) is 5.56 Å². The Balaban J connectivity index is 2.36. The predicted octanol–water partition coefficient (Wildman–Crippen LogP) is 3.73. The van der Waals surface area contributed by atoms with Gasteiger partial charge >= 0.3 is 5.97 Å². The Morgan fingerprint density at radius 2 is 1.72 bits per heavy atom. The van der Waals surface area contributed by atoms with Crippen LogP contribution in [0.5, 0.6) is 17.2 Å². The second-order valence-electron chi connectivity index (χ2n) is 6.48. The van der Waals surface area contributed by atoms with Crippen LogP contribution in [0.15, 0.2) is 47.3 Å². The van der Waals surface area contributed by atoms with Gasteiger partial charge in [0.05, 0.1) is 26.8 Å². The van der Waals surface area contributed by atoms with Crippen molar-refractivity contribution in [1.82, 2.24) is 4.57 Å². The Hall–Kier alpha value is -3.48. The van der Waals surface area contributed by atoms with Crippen molar-refractivity contribution in [1.29, 1.82) is 0 Å². The van der Waals surface area contributed by atoms with Gasteiger partial charge in [-0.1, -0.05) is 13.0 Å². The average molecular weight is 397 g/mol. The van der Waals surface area contributed by atoms with Gasteiger partial charge in [-0.3, -0.25) is 9.36 Å². The largest absolute Gasteiger partial charge is 0.497 e. The van der Waals surface area contributed by atoms with Gasteiger partial charge in [0, 0.05) is 17.5 Å². The summed E-state index contributed by atoms with van der Waals surface area (Å²) in [6.45, 7) is 1.74. The first-order valence-electron chi connectivity index (χ1n) is 9.13. The summed E-state index contributed by atoms with van der Waals surface area (Å²) >= 11 is 0. The van der Waals surface area contributed by atoms with E-state index in [2.05, 4.69) is 0 Å². The molecule has 152 valence electrons. The van der Waals surface area contributed by atoms with Gasteiger partial charge in [-0.2, -0.15) is 0 Å². The zero-order chi connectivity index (χ0) is 21.1. The zero-order valence-electron chi connectivity index (χ0n) is 16.8. The monoisotopic (exact) mass is 397 g/mol. The molecule has 1 N–H and O–H groups in total. The molecule has 1 aromatic heterocycles. The van der Waals surface area contributed by atoms with E-state index in [4.69, 9.17) is 14.2 Å². The fourth-order valence-corrected chi connectivity index (χ4v) is 3.49. The van der Waals surface area contributed by atoms with Gasteiger partial charge in [-0.25, -0.2) is 4.79 Å². The van der Waals surface area contributed by atoms with Crippen LogP contribution in [-0.4, -0.2) is 37.0 Å². The predicted molar refractivity (Wildman–Crippen MR) is 110 cm³/mol. The maximum absolute atomic E-state index is 13.0. The first kappa shape index (κ1) is 20.3. The molecule has 3 rings (SSSR count). The van der Waals surface area contributed by atoms with Crippen molar-refractivity contribution in [3.8, 4) is 28.4 Å². The van der Waals surface area contributed by atoms with Gasteiger partial charge in [-0.15, -0.1) is 0 Å². The molecule has 0 radical (unpaired) electrons. The normalized spacial score (nSPS) is 11.9. The SMILES string of the molecule is CCC(C(=O)O)n1c(=O)cc(-c2ccc(OC)c(OC)c2)c2ccc(OC)cc21. The highest BCUT2D eigenvalue weighted by molar-refractivity contribution is 5.96. The van der Waals surface area contributed by atoms with E-state index in [0.717, 1.165) is 10.9 Å². The van der Waals surface area contributed by atoms with Gasteiger partial charge in [0.2, 0.25) is 0 Å². The van der Waals surface area contributed by atoms with Gasteiger partial charge in [-0.05, 0) is 41.8 Å². The Morgan fingerprint density at radius 1 is 1.00 bits per heavy atom. The second kappa shape index (κ2) is 8.26. The number of ether oxygens (including phenoxy) is 3. The summed E-state index contributed by atoms with van der Waals surface area (Å²) in [5.74, 6) is 0.591. The minimum absolute atomic E-state index is 0.275. The van der Waals surface area contributed by atoms with Crippen LogP contribution in [-0.2, 0) is 4.79 Å². The van der Waals surface area contributed by atoms with Crippen LogP contribution in [0, 0.1) is 0 Å². The summed E-state index contributed by atoms with van der Waals surface area (Å²) in [5.41, 5.74) is 1.52. The summed E-state index contributed by atoms with van der Waals surface area (Å²) in [7, 11) is 4.62. The van der Waals surface area contributed by atoms with Crippen molar-refractivity contribution in [2.75, 3.05) is 21.3 Å². The molecule has 0 amide bonds. The first-order valence-corrected chi connectivity index (χ1v) is 9.13. The molecular formula is C22H23NO6. The number of benzene rings is 2. The Labute approximate surface area is 168 Å². The average Bonchev–Trinajstić information content (AvgIpc) is 2.74. The Bertz CT molecular complexity index is 1120. The van der Waals surface area contributed by atoms with E-state index < -0.39 is 17.6 Å².